The third kappa shape index (κ3) is 3.10. The molecular weight excluding hydrogens is 321 g/mol. The van der Waals surface area contributed by atoms with Crippen LogP contribution in [0.5, 0.6) is 0 Å². The first-order valence-electron chi connectivity index (χ1n) is 7.24. The Morgan fingerprint density at radius 1 is 1.00 bits per heavy atom. The second-order valence-electron chi connectivity index (χ2n) is 5.36. The monoisotopic (exact) mass is 334 g/mol. The fraction of sp³-hybridized carbons (Fsp3) is 0.176. The first-order valence-corrected chi connectivity index (χ1v) is 7.24. The van der Waals surface area contributed by atoms with Crippen molar-refractivity contribution >= 4 is 23.2 Å². The number of fused-ring (bicyclic) bond motifs is 1. The minimum Gasteiger partial charge on any atom is -0.318 e. The number of halogens is 3. The molecule has 0 bridgehead atoms. The zero-order chi connectivity index (χ0) is 17.3. The predicted molar refractivity (Wildman–Crippen MR) is 82.6 cm³/mol. The number of nitrogens with one attached hydrogen (secondary N) is 1. The van der Waals surface area contributed by atoms with Gasteiger partial charge in [0.1, 0.15) is 0 Å². The molecule has 124 valence electrons. The average molecular weight is 334 g/mol. The van der Waals surface area contributed by atoms with Crippen molar-refractivity contribution in [3.05, 3.63) is 59.7 Å². The highest BCUT2D eigenvalue weighted by Crippen LogP contribution is 2.30. The molecule has 0 unspecified atom stereocenters. The molecule has 2 aromatic carbocycles. The number of hydrogen-bond donors (Lipinski definition) is 1. The quantitative estimate of drug-likeness (QED) is 0.814. The number of amides is 2. The molecule has 4 nitrogen and oxygen atoms in total. The Bertz CT molecular complexity index is 785. The molecule has 1 aliphatic rings. The number of nitrogens with zero attached hydrogens (tertiary/aromatic N) is 1. The highest BCUT2D eigenvalue weighted by Gasteiger charge is 2.31. The Morgan fingerprint density at radius 3 is 2.33 bits per heavy atom. The van der Waals surface area contributed by atoms with E-state index in [1.165, 1.54) is 4.90 Å². The van der Waals surface area contributed by atoms with E-state index in [-0.39, 0.29) is 5.69 Å². The Hall–Kier alpha value is -2.83. The predicted octanol–water partition coefficient (Wildman–Crippen LogP) is 3.23. The van der Waals surface area contributed by atoms with E-state index < -0.39 is 23.6 Å². The summed E-state index contributed by atoms with van der Waals surface area (Å²) in [7, 11) is 0. The molecule has 3 rings (SSSR count). The molecule has 1 heterocycles. The van der Waals surface area contributed by atoms with Crippen LogP contribution in [-0.4, -0.2) is 18.4 Å². The second kappa shape index (κ2) is 5.99. The fourth-order valence-corrected chi connectivity index (χ4v) is 2.60. The Kier molecular flexibility index (Phi) is 4.01. The molecule has 7 heteroatoms. The lowest BCUT2D eigenvalue weighted by Crippen LogP contribution is -2.38. The molecule has 2 amide bonds. The minimum absolute atomic E-state index is 0.133. The van der Waals surface area contributed by atoms with Crippen molar-refractivity contribution in [3.63, 3.8) is 0 Å². The average Bonchev–Trinajstić information content (AvgIpc) is 2.97. The van der Waals surface area contributed by atoms with Crippen molar-refractivity contribution < 1.29 is 22.8 Å². The van der Waals surface area contributed by atoms with E-state index in [1.54, 1.807) is 12.1 Å². The largest absolute Gasteiger partial charge is 0.416 e. The summed E-state index contributed by atoms with van der Waals surface area (Å²) in [6.45, 7) is 0.401. The van der Waals surface area contributed by atoms with E-state index in [1.807, 2.05) is 12.1 Å². The smallest absolute Gasteiger partial charge is 0.318 e. The van der Waals surface area contributed by atoms with E-state index in [9.17, 15) is 22.8 Å². The van der Waals surface area contributed by atoms with Gasteiger partial charge in [-0.05, 0) is 42.3 Å². The topological polar surface area (TPSA) is 49.4 Å². The molecular formula is C17H13F3N2O2. The molecule has 1 N–H and O–H groups in total. The number of para-hydroxylation sites is 1. The second-order valence-corrected chi connectivity index (χ2v) is 5.36. The van der Waals surface area contributed by atoms with Crippen LogP contribution in [0.4, 0.5) is 24.5 Å². The normalized spacial score (nSPS) is 13.5. The molecule has 0 saturated carbocycles. The number of alkyl halides is 3. The van der Waals surface area contributed by atoms with Gasteiger partial charge in [-0.2, -0.15) is 13.2 Å². The van der Waals surface area contributed by atoms with Crippen LogP contribution in [0, 0.1) is 0 Å². The van der Waals surface area contributed by atoms with E-state index in [0.29, 0.717) is 18.7 Å². The lowest BCUT2D eigenvalue weighted by Gasteiger charge is -2.16. The zero-order valence-corrected chi connectivity index (χ0v) is 12.4. The van der Waals surface area contributed by atoms with Gasteiger partial charge >= 0.3 is 18.0 Å². The van der Waals surface area contributed by atoms with Gasteiger partial charge in [-0.1, -0.05) is 18.2 Å². The van der Waals surface area contributed by atoms with E-state index >= 15 is 0 Å². The van der Waals surface area contributed by atoms with Crippen LogP contribution in [-0.2, 0) is 22.2 Å². The highest BCUT2D eigenvalue weighted by molar-refractivity contribution is 6.44. The number of rotatable bonds is 1. The van der Waals surface area contributed by atoms with Crippen molar-refractivity contribution in [2.24, 2.45) is 0 Å². The van der Waals surface area contributed by atoms with E-state index in [2.05, 4.69) is 5.32 Å². The third-order valence-electron chi connectivity index (χ3n) is 3.80. The third-order valence-corrected chi connectivity index (χ3v) is 3.80. The standard InChI is InChI=1S/C17H13F3N2O2/c18-17(19,20)12-5-7-13(8-6-12)21-15(23)16(24)22-10-9-11-3-1-2-4-14(11)22/h1-8H,9-10H2,(H,21,23). The van der Waals surface area contributed by atoms with E-state index in [0.717, 1.165) is 29.8 Å². The zero-order valence-electron chi connectivity index (χ0n) is 12.4. The van der Waals surface area contributed by atoms with Gasteiger partial charge in [0.2, 0.25) is 0 Å². The minimum atomic E-state index is -4.45. The maximum Gasteiger partial charge on any atom is 0.416 e. The number of benzene rings is 2. The summed E-state index contributed by atoms with van der Waals surface area (Å²) in [6, 6.07) is 11.2. The molecule has 0 aromatic heterocycles. The molecule has 2 aromatic rings. The molecule has 0 fully saturated rings. The van der Waals surface area contributed by atoms with Crippen molar-refractivity contribution in [2.75, 3.05) is 16.8 Å². The summed E-state index contributed by atoms with van der Waals surface area (Å²) in [5.41, 5.74) is 0.979. The van der Waals surface area contributed by atoms with Crippen LogP contribution in [0.3, 0.4) is 0 Å². The molecule has 0 aliphatic carbocycles. The first kappa shape index (κ1) is 16.0. The molecule has 0 saturated heterocycles. The molecule has 0 spiro atoms. The summed E-state index contributed by atoms with van der Waals surface area (Å²) in [5, 5.41) is 2.33. The van der Waals surface area contributed by atoms with Crippen molar-refractivity contribution in [3.8, 4) is 0 Å². The van der Waals surface area contributed by atoms with Crippen LogP contribution in [0.2, 0.25) is 0 Å². The number of anilines is 2. The Morgan fingerprint density at radius 2 is 1.67 bits per heavy atom. The lowest BCUT2D eigenvalue weighted by molar-refractivity contribution is -0.137. The summed E-state index contributed by atoms with van der Waals surface area (Å²) in [4.78, 5) is 25.7. The first-order chi connectivity index (χ1) is 11.4. The summed E-state index contributed by atoms with van der Waals surface area (Å²) in [6.07, 6.45) is -3.78. The number of carbonyl (C=O) groups excluding carboxylic acids is 2. The molecule has 1 aliphatic heterocycles. The van der Waals surface area contributed by atoms with Gasteiger partial charge < -0.3 is 10.2 Å². The van der Waals surface area contributed by atoms with Gasteiger partial charge in [0.05, 0.1) is 5.56 Å². The maximum atomic E-state index is 12.5. The summed E-state index contributed by atoms with van der Waals surface area (Å²) < 4.78 is 37.5. The Balaban J connectivity index is 1.70. The van der Waals surface area contributed by atoms with Crippen LogP contribution < -0.4 is 10.2 Å². The van der Waals surface area contributed by atoms with Crippen molar-refractivity contribution in [1.29, 1.82) is 0 Å². The highest BCUT2D eigenvalue weighted by atomic mass is 19.4. The van der Waals surface area contributed by atoms with Crippen LogP contribution in [0.25, 0.3) is 0 Å². The summed E-state index contributed by atoms with van der Waals surface area (Å²) in [5.74, 6) is -1.62. The maximum absolute atomic E-state index is 12.5. The van der Waals surface area contributed by atoms with Crippen molar-refractivity contribution in [2.45, 2.75) is 12.6 Å². The van der Waals surface area contributed by atoms with Gasteiger partial charge in [0.25, 0.3) is 0 Å². The SMILES string of the molecule is O=C(Nc1ccc(C(F)(F)F)cc1)C(=O)N1CCc2ccccc21. The number of hydrogen-bond acceptors (Lipinski definition) is 2. The van der Waals surface area contributed by atoms with E-state index in [4.69, 9.17) is 0 Å². The van der Waals surface area contributed by atoms with Gasteiger partial charge in [-0.15, -0.1) is 0 Å². The Labute approximate surface area is 135 Å². The fourth-order valence-electron chi connectivity index (χ4n) is 2.60. The molecule has 0 atom stereocenters. The molecule has 0 radical (unpaired) electrons. The summed E-state index contributed by atoms with van der Waals surface area (Å²) >= 11 is 0. The lowest BCUT2D eigenvalue weighted by atomic mass is 10.2. The van der Waals surface area contributed by atoms with Crippen LogP contribution in [0.1, 0.15) is 11.1 Å². The van der Waals surface area contributed by atoms with Gasteiger partial charge in [-0.3, -0.25) is 9.59 Å². The number of carbonyl (C=O) groups is 2. The van der Waals surface area contributed by atoms with Gasteiger partial charge in [0.15, 0.2) is 0 Å². The molecule has 24 heavy (non-hydrogen) atoms. The van der Waals surface area contributed by atoms with Gasteiger partial charge in [0, 0.05) is 17.9 Å². The van der Waals surface area contributed by atoms with Gasteiger partial charge in [-0.25, -0.2) is 0 Å². The van der Waals surface area contributed by atoms with Crippen LogP contribution in [0.15, 0.2) is 48.5 Å². The van der Waals surface area contributed by atoms with Crippen molar-refractivity contribution in [1.82, 2.24) is 0 Å². The van der Waals surface area contributed by atoms with Crippen LogP contribution >= 0.6 is 0 Å².